The van der Waals surface area contributed by atoms with Gasteiger partial charge in [-0.2, -0.15) is 0 Å². The lowest BCUT2D eigenvalue weighted by Crippen LogP contribution is -2.15. The molecule has 0 unspecified atom stereocenters. The van der Waals surface area contributed by atoms with Crippen molar-refractivity contribution in [3.8, 4) is 5.75 Å². The van der Waals surface area contributed by atoms with Gasteiger partial charge >= 0.3 is 0 Å². The molecule has 0 saturated heterocycles. The minimum atomic E-state index is 0.492. The van der Waals surface area contributed by atoms with Crippen molar-refractivity contribution < 1.29 is 4.74 Å². The van der Waals surface area contributed by atoms with Gasteiger partial charge in [0.1, 0.15) is 5.75 Å². The van der Waals surface area contributed by atoms with Crippen LogP contribution in [0.5, 0.6) is 5.75 Å². The molecule has 0 amide bonds. The average Bonchev–Trinajstić information content (AvgIpc) is 2.29. The van der Waals surface area contributed by atoms with E-state index in [2.05, 4.69) is 31.3 Å². The largest absolute Gasteiger partial charge is 0.496 e. The summed E-state index contributed by atoms with van der Waals surface area (Å²) in [6.45, 7) is 5.27. The summed E-state index contributed by atoms with van der Waals surface area (Å²) in [6, 6.07) is 6.89. The molecular weight excluding hydrogens is 222 g/mol. The number of alkyl halides is 1. The molecule has 16 heavy (non-hydrogen) atoms. The highest BCUT2D eigenvalue weighted by atomic mass is 35.5. The van der Waals surface area contributed by atoms with E-state index in [1.807, 2.05) is 6.07 Å². The predicted octanol–water partition coefficient (Wildman–Crippen LogP) is 3.15. The molecular formula is C13H20ClNO. The van der Waals surface area contributed by atoms with Crippen LogP contribution in [0, 0.1) is 0 Å². The van der Waals surface area contributed by atoms with E-state index >= 15 is 0 Å². The number of rotatable bonds is 6. The monoisotopic (exact) mass is 241 g/mol. The Balaban J connectivity index is 2.80. The Bertz CT molecular complexity index is 326. The lowest BCUT2D eigenvalue weighted by molar-refractivity contribution is 0.409. The van der Waals surface area contributed by atoms with Gasteiger partial charge in [0.05, 0.1) is 13.1 Å². The molecule has 0 atom stereocenters. The van der Waals surface area contributed by atoms with Crippen molar-refractivity contribution in [2.24, 2.45) is 0 Å². The van der Waals surface area contributed by atoms with Crippen LogP contribution in [-0.4, -0.2) is 19.7 Å². The molecule has 1 aromatic carbocycles. The minimum absolute atomic E-state index is 0.492. The van der Waals surface area contributed by atoms with Gasteiger partial charge in [-0.25, -0.2) is 0 Å². The maximum atomic E-state index is 5.58. The normalized spacial score (nSPS) is 10.8. The molecule has 0 aliphatic heterocycles. The van der Waals surface area contributed by atoms with Gasteiger partial charge in [-0.1, -0.05) is 26.0 Å². The van der Waals surface area contributed by atoms with E-state index in [0.29, 0.717) is 11.9 Å². The molecule has 1 rings (SSSR count). The van der Waals surface area contributed by atoms with Crippen LogP contribution in [0.15, 0.2) is 18.2 Å². The molecule has 1 N–H and O–H groups in total. The van der Waals surface area contributed by atoms with Gasteiger partial charge in [-0.15, -0.1) is 11.6 Å². The summed E-state index contributed by atoms with van der Waals surface area (Å²) in [5.74, 6) is 1.51. The van der Waals surface area contributed by atoms with Gasteiger partial charge in [0.2, 0.25) is 0 Å². The zero-order chi connectivity index (χ0) is 12.0. The van der Waals surface area contributed by atoms with Crippen molar-refractivity contribution in [3.63, 3.8) is 0 Å². The van der Waals surface area contributed by atoms with Crippen LogP contribution in [-0.2, 0) is 6.42 Å². The second kappa shape index (κ2) is 6.77. The van der Waals surface area contributed by atoms with Gasteiger partial charge in [-0.3, -0.25) is 0 Å². The van der Waals surface area contributed by atoms with Crippen LogP contribution in [0.2, 0.25) is 0 Å². The van der Waals surface area contributed by atoms with E-state index in [9.17, 15) is 0 Å². The maximum absolute atomic E-state index is 5.58. The summed E-state index contributed by atoms with van der Waals surface area (Å²) < 4.78 is 5.35. The fraction of sp³-hybridized carbons (Fsp3) is 0.538. The Labute approximate surface area is 103 Å². The van der Waals surface area contributed by atoms with Crippen molar-refractivity contribution in [2.45, 2.75) is 26.2 Å². The quantitative estimate of drug-likeness (QED) is 0.469. The van der Waals surface area contributed by atoms with Crippen LogP contribution >= 0.6 is 11.6 Å². The van der Waals surface area contributed by atoms with Crippen molar-refractivity contribution in [1.82, 2.24) is 5.32 Å². The molecule has 0 aliphatic carbocycles. The van der Waals surface area contributed by atoms with Gasteiger partial charge < -0.3 is 10.1 Å². The summed E-state index contributed by atoms with van der Waals surface area (Å²) in [7, 11) is 1.71. The highest BCUT2D eigenvalue weighted by Gasteiger charge is 2.06. The number of methoxy groups -OCH3 is 1. The lowest BCUT2D eigenvalue weighted by atomic mass is 9.99. The summed E-state index contributed by atoms with van der Waals surface area (Å²) in [5, 5.41) is 3.11. The molecule has 0 saturated carbocycles. The molecule has 3 heteroatoms. The number of ether oxygens (including phenoxy) is 1. The number of benzene rings is 1. The lowest BCUT2D eigenvalue weighted by Gasteiger charge is -2.12. The molecule has 2 nitrogen and oxygen atoms in total. The summed E-state index contributed by atoms with van der Waals surface area (Å²) in [4.78, 5) is 0. The molecule has 90 valence electrons. The summed E-state index contributed by atoms with van der Waals surface area (Å²) in [6.07, 6.45) is 0.941. The molecule has 0 bridgehead atoms. The average molecular weight is 242 g/mol. The molecule has 1 aromatic rings. The van der Waals surface area contributed by atoms with E-state index in [1.165, 1.54) is 11.1 Å². The Morgan fingerprint density at radius 2 is 2.12 bits per heavy atom. The first-order valence-electron chi connectivity index (χ1n) is 5.62. The fourth-order valence-electron chi connectivity index (χ4n) is 1.64. The molecule has 0 fully saturated rings. The number of halogens is 1. The number of nitrogens with one attached hydrogen (secondary N) is 1. The fourth-order valence-corrected chi connectivity index (χ4v) is 1.78. The Morgan fingerprint density at radius 3 is 2.69 bits per heavy atom. The van der Waals surface area contributed by atoms with Crippen LogP contribution < -0.4 is 10.1 Å². The highest BCUT2D eigenvalue weighted by molar-refractivity contribution is 6.17. The summed E-state index contributed by atoms with van der Waals surface area (Å²) in [5.41, 5.74) is 2.59. The van der Waals surface area contributed by atoms with Gasteiger partial charge in [0, 0.05) is 6.54 Å². The topological polar surface area (TPSA) is 21.3 Å². The molecule has 0 aliphatic rings. The molecule has 0 aromatic heterocycles. The SMILES string of the molecule is COc1ccc(C(C)C)cc1CCNCCl. The van der Waals surface area contributed by atoms with Gasteiger partial charge in [0.15, 0.2) is 0 Å². The standard InChI is InChI=1S/C13H20ClNO/c1-10(2)11-4-5-13(16-3)12(8-11)6-7-15-9-14/h4-5,8,10,15H,6-7,9H2,1-3H3. The van der Waals surface area contributed by atoms with E-state index < -0.39 is 0 Å². The Hall–Kier alpha value is -0.730. The Morgan fingerprint density at radius 1 is 1.38 bits per heavy atom. The maximum Gasteiger partial charge on any atom is 0.122 e. The third kappa shape index (κ3) is 3.69. The van der Waals surface area contributed by atoms with Crippen molar-refractivity contribution in [3.05, 3.63) is 29.3 Å². The second-order valence-corrected chi connectivity index (χ2v) is 4.38. The predicted molar refractivity (Wildman–Crippen MR) is 69.5 cm³/mol. The second-order valence-electron chi connectivity index (χ2n) is 4.11. The van der Waals surface area contributed by atoms with Crippen LogP contribution in [0.4, 0.5) is 0 Å². The number of hydrogen-bond acceptors (Lipinski definition) is 2. The molecule has 0 heterocycles. The van der Waals surface area contributed by atoms with Crippen LogP contribution in [0.1, 0.15) is 30.9 Å². The van der Waals surface area contributed by atoms with Crippen LogP contribution in [0.3, 0.4) is 0 Å². The van der Waals surface area contributed by atoms with Crippen molar-refractivity contribution >= 4 is 11.6 Å². The first-order valence-corrected chi connectivity index (χ1v) is 6.16. The first-order chi connectivity index (χ1) is 7.69. The van der Waals surface area contributed by atoms with Crippen molar-refractivity contribution in [1.29, 1.82) is 0 Å². The van der Waals surface area contributed by atoms with Crippen LogP contribution in [0.25, 0.3) is 0 Å². The minimum Gasteiger partial charge on any atom is -0.496 e. The van der Waals surface area contributed by atoms with E-state index in [-0.39, 0.29) is 0 Å². The van der Waals surface area contributed by atoms with Crippen molar-refractivity contribution in [2.75, 3.05) is 19.7 Å². The zero-order valence-electron chi connectivity index (χ0n) is 10.2. The van der Waals surface area contributed by atoms with E-state index in [4.69, 9.17) is 16.3 Å². The third-order valence-electron chi connectivity index (χ3n) is 2.64. The third-order valence-corrected chi connectivity index (χ3v) is 2.83. The first kappa shape index (κ1) is 13.3. The molecule has 0 spiro atoms. The molecule has 0 radical (unpaired) electrons. The van der Waals surface area contributed by atoms with Gasteiger partial charge in [-0.05, 0) is 29.5 Å². The van der Waals surface area contributed by atoms with E-state index in [1.54, 1.807) is 7.11 Å². The van der Waals surface area contributed by atoms with E-state index in [0.717, 1.165) is 18.7 Å². The highest BCUT2D eigenvalue weighted by Crippen LogP contribution is 2.24. The zero-order valence-corrected chi connectivity index (χ0v) is 11.0. The summed E-state index contributed by atoms with van der Waals surface area (Å²) >= 11 is 5.58. The van der Waals surface area contributed by atoms with Gasteiger partial charge in [0.25, 0.3) is 0 Å². The Kier molecular flexibility index (Phi) is 5.64. The number of hydrogen-bond donors (Lipinski definition) is 1. The smallest absolute Gasteiger partial charge is 0.122 e.